The van der Waals surface area contributed by atoms with E-state index >= 15 is 0 Å². The SMILES string of the molecule is CCOC(=O)C(C(C)=Nc1ccc(C)cc1)c1c(O)cc(Br)c(O)c1Br. The number of nitrogens with zero attached hydrogens (tertiary/aromatic N) is 1. The van der Waals surface area contributed by atoms with E-state index in [1.165, 1.54) is 6.07 Å². The van der Waals surface area contributed by atoms with E-state index < -0.39 is 11.9 Å². The molecule has 0 saturated heterocycles. The molecule has 2 rings (SSSR count). The van der Waals surface area contributed by atoms with Gasteiger partial charge in [0.25, 0.3) is 0 Å². The molecule has 2 aromatic rings. The van der Waals surface area contributed by atoms with Crippen LogP contribution in [0.3, 0.4) is 0 Å². The zero-order valence-corrected chi connectivity index (χ0v) is 17.8. The number of aromatic hydroxyl groups is 2. The molecule has 1 unspecified atom stereocenters. The smallest absolute Gasteiger partial charge is 0.319 e. The van der Waals surface area contributed by atoms with Crippen molar-refractivity contribution in [2.24, 2.45) is 4.99 Å². The van der Waals surface area contributed by atoms with Crippen molar-refractivity contribution < 1.29 is 19.7 Å². The molecule has 0 saturated carbocycles. The fourth-order valence-electron chi connectivity index (χ4n) is 2.50. The maximum Gasteiger partial charge on any atom is 0.319 e. The summed E-state index contributed by atoms with van der Waals surface area (Å²) in [5.41, 5.74) is 2.42. The van der Waals surface area contributed by atoms with Crippen LogP contribution in [0, 0.1) is 6.92 Å². The Morgan fingerprint density at radius 1 is 1.23 bits per heavy atom. The van der Waals surface area contributed by atoms with Crippen LogP contribution in [-0.2, 0) is 9.53 Å². The summed E-state index contributed by atoms with van der Waals surface area (Å²) in [7, 11) is 0. The average Bonchev–Trinajstić information content (AvgIpc) is 2.58. The number of phenolic OH excluding ortho intramolecular Hbond substituents is 2. The molecule has 0 aliphatic rings. The summed E-state index contributed by atoms with van der Waals surface area (Å²) < 4.78 is 5.69. The quantitative estimate of drug-likeness (QED) is 0.339. The predicted octanol–water partition coefficient (Wildman–Crippen LogP) is 5.37. The number of benzene rings is 2. The topological polar surface area (TPSA) is 79.1 Å². The molecule has 2 N–H and O–H groups in total. The van der Waals surface area contributed by atoms with Crippen LogP contribution in [0.2, 0.25) is 0 Å². The van der Waals surface area contributed by atoms with Gasteiger partial charge in [-0.2, -0.15) is 0 Å². The fourth-order valence-corrected chi connectivity index (χ4v) is 3.82. The third kappa shape index (κ3) is 4.45. The largest absolute Gasteiger partial charge is 0.508 e. The molecule has 0 bridgehead atoms. The van der Waals surface area contributed by atoms with Crippen LogP contribution in [-0.4, -0.2) is 28.5 Å². The van der Waals surface area contributed by atoms with Gasteiger partial charge in [0.1, 0.15) is 17.4 Å². The van der Waals surface area contributed by atoms with Crippen molar-refractivity contribution in [2.45, 2.75) is 26.7 Å². The van der Waals surface area contributed by atoms with Crippen molar-refractivity contribution in [1.29, 1.82) is 0 Å². The molecule has 0 radical (unpaired) electrons. The summed E-state index contributed by atoms with van der Waals surface area (Å²) in [5.74, 6) is -1.79. The van der Waals surface area contributed by atoms with Gasteiger partial charge in [-0.1, -0.05) is 17.7 Å². The summed E-state index contributed by atoms with van der Waals surface area (Å²) in [6.07, 6.45) is 0. The molecule has 5 nitrogen and oxygen atoms in total. The lowest BCUT2D eigenvalue weighted by molar-refractivity contribution is -0.143. The normalized spacial score (nSPS) is 12.7. The molecule has 0 heterocycles. The lowest BCUT2D eigenvalue weighted by Gasteiger charge is -2.20. The van der Waals surface area contributed by atoms with Gasteiger partial charge in [-0.3, -0.25) is 9.79 Å². The molecule has 0 aliphatic carbocycles. The molecule has 26 heavy (non-hydrogen) atoms. The van der Waals surface area contributed by atoms with E-state index in [2.05, 4.69) is 36.9 Å². The lowest BCUT2D eigenvalue weighted by atomic mass is 9.93. The minimum Gasteiger partial charge on any atom is -0.508 e. The number of halogens is 2. The number of aliphatic imine (C=N–C) groups is 1. The number of hydrogen-bond donors (Lipinski definition) is 2. The Morgan fingerprint density at radius 3 is 2.42 bits per heavy atom. The van der Waals surface area contributed by atoms with Crippen molar-refractivity contribution in [3.05, 3.63) is 50.4 Å². The van der Waals surface area contributed by atoms with Crippen molar-refractivity contribution >= 4 is 49.2 Å². The molecule has 0 aromatic heterocycles. The van der Waals surface area contributed by atoms with Crippen LogP contribution in [0.25, 0.3) is 0 Å². The first-order valence-electron chi connectivity index (χ1n) is 7.94. The van der Waals surface area contributed by atoms with Gasteiger partial charge in [0, 0.05) is 11.3 Å². The molecule has 1 atom stereocenters. The highest BCUT2D eigenvalue weighted by molar-refractivity contribution is 9.11. The molecule has 0 aliphatic heterocycles. The third-order valence-electron chi connectivity index (χ3n) is 3.78. The molecule has 138 valence electrons. The molecular weight excluding hydrogens is 466 g/mol. The summed E-state index contributed by atoms with van der Waals surface area (Å²) in [6, 6.07) is 8.86. The second kappa shape index (κ2) is 8.68. The van der Waals surface area contributed by atoms with E-state index in [4.69, 9.17) is 4.74 Å². The zero-order valence-electron chi connectivity index (χ0n) is 14.6. The number of carbonyl (C=O) groups excluding carboxylic acids is 1. The highest BCUT2D eigenvalue weighted by Crippen LogP contribution is 2.44. The monoisotopic (exact) mass is 483 g/mol. The van der Waals surface area contributed by atoms with Gasteiger partial charge in [-0.15, -0.1) is 0 Å². The minimum atomic E-state index is -0.968. The van der Waals surface area contributed by atoms with Gasteiger partial charge in [0.2, 0.25) is 0 Å². The summed E-state index contributed by atoms with van der Waals surface area (Å²) in [4.78, 5) is 17.1. The van der Waals surface area contributed by atoms with E-state index in [9.17, 15) is 15.0 Å². The Kier molecular flexibility index (Phi) is 6.83. The van der Waals surface area contributed by atoms with Gasteiger partial charge >= 0.3 is 5.97 Å². The first kappa shape index (κ1) is 20.5. The molecule has 0 spiro atoms. The molecule has 2 aromatic carbocycles. The van der Waals surface area contributed by atoms with E-state index in [1.807, 2.05) is 31.2 Å². The highest BCUT2D eigenvalue weighted by Gasteiger charge is 2.32. The molecule has 0 amide bonds. The Bertz CT molecular complexity index is 848. The van der Waals surface area contributed by atoms with Crippen molar-refractivity contribution in [1.82, 2.24) is 0 Å². The van der Waals surface area contributed by atoms with Crippen LogP contribution in [0.5, 0.6) is 11.5 Å². The second-order valence-corrected chi connectivity index (χ2v) is 7.37. The summed E-state index contributed by atoms with van der Waals surface area (Å²) in [6.45, 7) is 5.55. The van der Waals surface area contributed by atoms with Crippen molar-refractivity contribution in [3.63, 3.8) is 0 Å². The van der Waals surface area contributed by atoms with Crippen LogP contribution >= 0.6 is 31.9 Å². The maximum absolute atomic E-state index is 12.6. The Morgan fingerprint density at radius 2 is 1.85 bits per heavy atom. The minimum absolute atomic E-state index is 0.116. The number of ether oxygens (including phenoxy) is 1. The predicted molar refractivity (Wildman–Crippen MR) is 108 cm³/mol. The Hall–Kier alpha value is -1.86. The lowest BCUT2D eigenvalue weighted by Crippen LogP contribution is -2.23. The number of aryl methyl sites for hydroxylation is 1. The fraction of sp³-hybridized carbons (Fsp3) is 0.263. The summed E-state index contributed by atoms with van der Waals surface area (Å²) in [5, 5.41) is 20.6. The summed E-state index contributed by atoms with van der Waals surface area (Å²) >= 11 is 6.42. The molecule has 7 heteroatoms. The van der Waals surface area contributed by atoms with Gasteiger partial charge in [-0.25, -0.2) is 0 Å². The zero-order chi connectivity index (χ0) is 19.4. The van der Waals surface area contributed by atoms with Crippen LogP contribution in [0.15, 0.2) is 44.3 Å². The van der Waals surface area contributed by atoms with Gasteiger partial charge < -0.3 is 14.9 Å². The number of rotatable bonds is 5. The Balaban J connectivity index is 2.59. The van der Waals surface area contributed by atoms with Crippen LogP contribution in [0.1, 0.15) is 30.9 Å². The first-order valence-corrected chi connectivity index (χ1v) is 9.53. The van der Waals surface area contributed by atoms with Gasteiger partial charge in [-0.05, 0) is 70.8 Å². The van der Waals surface area contributed by atoms with Crippen molar-refractivity contribution in [2.75, 3.05) is 6.61 Å². The van der Waals surface area contributed by atoms with E-state index in [0.29, 0.717) is 15.9 Å². The van der Waals surface area contributed by atoms with E-state index in [0.717, 1.165) is 5.56 Å². The van der Waals surface area contributed by atoms with E-state index in [-0.39, 0.29) is 28.1 Å². The Labute approximate surface area is 169 Å². The standard InChI is InChI=1S/C19H19Br2NO4/c1-4-26-19(25)15(11(3)22-12-7-5-10(2)6-8-12)16-14(23)9-13(20)18(24)17(16)21/h5-9,15,23-24H,4H2,1-3H3. The number of hydrogen-bond acceptors (Lipinski definition) is 5. The maximum atomic E-state index is 12.6. The second-order valence-electron chi connectivity index (χ2n) is 5.73. The number of carbonyl (C=O) groups is 1. The van der Waals surface area contributed by atoms with Crippen LogP contribution in [0.4, 0.5) is 5.69 Å². The van der Waals surface area contributed by atoms with Crippen molar-refractivity contribution in [3.8, 4) is 11.5 Å². The van der Waals surface area contributed by atoms with Gasteiger partial charge in [0.15, 0.2) is 0 Å². The van der Waals surface area contributed by atoms with E-state index in [1.54, 1.807) is 13.8 Å². The average molecular weight is 485 g/mol. The third-order valence-corrected chi connectivity index (χ3v) is 5.19. The first-order chi connectivity index (χ1) is 12.3. The number of phenols is 2. The van der Waals surface area contributed by atoms with Gasteiger partial charge in [0.05, 0.1) is 21.2 Å². The van der Waals surface area contributed by atoms with Crippen LogP contribution < -0.4 is 0 Å². The highest BCUT2D eigenvalue weighted by atomic mass is 79.9. The molecule has 0 fully saturated rings. The molecular formula is C19H19Br2NO4. The number of esters is 1.